The standard InChI is InChI=1S/C18H21F3N4O3S/c1-11-8-14(29(22,27)28)9-15(12(11)2)17(26)24-7-3-4-13(10-24)25-16(5-6-23-25)18(19,20)21/h5-6,8-9,13H,3-4,7,10H2,1-2H3,(H2,22,27,28)/t13-/m0/s1. The second-order valence-electron chi connectivity index (χ2n) is 7.16. The van der Waals surface area contributed by atoms with E-state index in [1.807, 2.05) is 0 Å². The molecule has 0 unspecified atom stereocenters. The number of aromatic nitrogens is 2. The van der Waals surface area contributed by atoms with E-state index in [0.29, 0.717) is 30.5 Å². The SMILES string of the molecule is Cc1cc(S(N)(=O)=O)cc(C(=O)N2CCC[C@H](n3nccc3C(F)(F)F)C2)c1C. The minimum absolute atomic E-state index is 0.0433. The molecule has 7 nitrogen and oxygen atoms in total. The number of primary sulfonamides is 1. The van der Waals surface area contributed by atoms with Crippen molar-refractivity contribution in [3.8, 4) is 0 Å². The van der Waals surface area contributed by atoms with Gasteiger partial charge in [-0.25, -0.2) is 13.6 Å². The Morgan fingerprint density at radius 2 is 1.97 bits per heavy atom. The third-order valence-electron chi connectivity index (χ3n) is 5.19. The number of amides is 1. The van der Waals surface area contributed by atoms with Gasteiger partial charge in [0.15, 0.2) is 0 Å². The molecule has 2 N–H and O–H groups in total. The first kappa shape index (κ1) is 21.3. The quantitative estimate of drug-likeness (QED) is 0.809. The van der Waals surface area contributed by atoms with Crippen LogP contribution < -0.4 is 5.14 Å². The van der Waals surface area contributed by atoms with E-state index in [-0.39, 0.29) is 17.0 Å². The van der Waals surface area contributed by atoms with E-state index in [4.69, 9.17) is 5.14 Å². The molecule has 0 aliphatic carbocycles. The third kappa shape index (κ3) is 4.30. The van der Waals surface area contributed by atoms with Crippen molar-refractivity contribution in [1.82, 2.24) is 14.7 Å². The highest BCUT2D eigenvalue weighted by atomic mass is 32.2. The largest absolute Gasteiger partial charge is 0.433 e. The summed E-state index contributed by atoms with van der Waals surface area (Å²) in [6.45, 7) is 3.75. The highest BCUT2D eigenvalue weighted by Crippen LogP contribution is 2.33. The van der Waals surface area contributed by atoms with Crippen molar-refractivity contribution in [2.45, 2.75) is 43.8 Å². The summed E-state index contributed by atoms with van der Waals surface area (Å²) in [7, 11) is -4.01. The van der Waals surface area contributed by atoms with Gasteiger partial charge in [0.25, 0.3) is 5.91 Å². The van der Waals surface area contributed by atoms with Crippen molar-refractivity contribution < 1.29 is 26.4 Å². The van der Waals surface area contributed by atoms with Crippen LogP contribution in [0.15, 0.2) is 29.3 Å². The molecule has 29 heavy (non-hydrogen) atoms. The summed E-state index contributed by atoms with van der Waals surface area (Å²) in [5.41, 5.74) is 0.491. The number of hydrogen-bond donors (Lipinski definition) is 1. The molecule has 1 aromatic carbocycles. The van der Waals surface area contributed by atoms with Gasteiger partial charge < -0.3 is 4.90 Å². The maximum absolute atomic E-state index is 13.2. The van der Waals surface area contributed by atoms with E-state index in [1.54, 1.807) is 13.8 Å². The van der Waals surface area contributed by atoms with Crippen molar-refractivity contribution >= 4 is 15.9 Å². The van der Waals surface area contributed by atoms with Gasteiger partial charge in [-0.1, -0.05) is 0 Å². The number of rotatable bonds is 3. The second kappa shape index (κ2) is 7.45. The fourth-order valence-electron chi connectivity index (χ4n) is 3.55. The smallest absolute Gasteiger partial charge is 0.336 e. The van der Waals surface area contributed by atoms with Crippen LogP contribution in [0.4, 0.5) is 13.2 Å². The van der Waals surface area contributed by atoms with Crippen LogP contribution >= 0.6 is 0 Å². The molecule has 0 bridgehead atoms. The van der Waals surface area contributed by atoms with Crippen LogP contribution in [0, 0.1) is 13.8 Å². The molecule has 0 saturated carbocycles. The highest BCUT2D eigenvalue weighted by molar-refractivity contribution is 7.89. The molecule has 1 saturated heterocycles. The van der Waals surface area contributed by atoms with Gasteiger partial charge >= 0.3 is 6.18 Å². The number of carbonyl (C=O) groups excluding carboxylic acids is 1. The molecule has 2 aromatic rings. The molecule has 11 heteroatoms. The van der Waals surface area contributed by atoms with Crippen LogP contribution in [0.5, 0.6) is 0 Å². The van der Waals surface area contributed by atoms with Crippen molar-refractivity contribution in [2.24, 2.45) is 5.14 Å². The molecule has 1 fully saturated rings. The number of sulfonamides is 1. The Morgan fingerprint density at radius 3 is 2.59 bits per heavy atom. The van der Waals surface area contributed by atoms with Gasteiger partial charge in [0, 0.05) is 24.8 Å². The Kier molecular flexibility index (Phi) is 5.48. The van der Waals surface area contributed by atoms with Crippen LogP contribution in [0.3, 0.4) is 0 Å². The normalized spacial score (nSPS) is 18.1. The molecular formula is C18H21F3N4O3S. The van der Waals surface area contributed by atoms with Crippen molar-refractivity contribution in [3.05, 3.63) is 46.8 Å². The molecule has 1 atom stereocenters. The summed E-state index contributed by atoms with van der Waals surface area (Å²) in [4.78, 5) is 14.3. The van der Waals surface area contributed by atoms with Gasteiger partial charge in [-0.15, -0.1) is 0 Å². The van der Waals surface area contributed by atoms with E-state index < -0.39 is 33.8 Å². The van der Waals surface area contributed by atoms with E-state index >= 15 is 0 Å². The van der Waals surface area contributed by atoms with Crippen molar-refractivity contribution in [2.75, 3.05) is 13.1 Å². The van der Waals surface area contributed by atoms with Gasteiger partial charge in [0.2, 0.25) is 10.0 Å². The van der Waals surface area contributed by atoms with Crippen LogP contribution in [0.25, 0.3) is 0 Å². The van der Waals surface area contributed by atoms with E-state index in [1.165, 1.54) is 17.0 Å². The van der Waals surface area contributed by atoms with Gasteiger partial charge in [-0.2, -0.15) is 18.3 Å². The summed E-state index contributed by atoms with van der Waals surface area (Å²) in [6, 6.07) is 2.89. The molecule has 158 valence electrons. The number of nitrogens with two attached hydrogens (primary N) is 1. The Morgan fingerprint density at radius 1 is 1.28 bits per heavy atom. The Bertz CT molecular complexity index is 1050. The highest BCUT2D eigenvalue weighted by Gasteiger charge is 2.38. The first-order valence-corrected chi connectivity index (χ1v) is 10.5. The van der Waals surface area contributed by atoms with Crippen LogP contribution in [-0.2, 0) is 16.2 Å². The third-order valence-corrected chi connectivity index (χ3v) is 6.08. The Balaban J connectivity index is 1.92. The van der Waals surface area contributed by atoms with Crippen LogP contribution in [0.2, 0.25) is 0 Å². The topological polar surface area (TPSA) is 98.3 Å². The molecule has 1 aliphatic heterocycles. The number of likely N-dealkylation sites (tertiary alicyclic amines) is 1. The molecule has 1 aliphatic rings. The zero-order chi connectivity index (χ0) is 21.6. The zero-order valence-electron chi connectivity index (χ0n) is 15.9. The van der Waals surface area contributed by atoms with Gasteiger partial charge in [0.1, 0.15) is 5.69 Å². The molecule has 1 amide bonds. The number of alkyl halides is 3. The first-order chi connectivity index (χ1) is 13.4. The van der Waals surface area contributed by atoms with Gasteiger partial charge in [0.05, 0.1) is 10.9 Å². The Hall–Kier alpha value is -2.40. The van der Waals surface area contributed by atoms with Gasteiger partial charge in [-0.3, -0.25) is 9.48 Å². The zero-order valence-corrected chi connectivity index (χ0v) is 16.7. The summed E-state index contributed by atoms with van der Waals surface area (Å²) in [5, 5.41) is 9.01. The molecule has 0 spiro atoms. The van der Waals surface area contributed by atoms with Gasteiger partial charge in [-0.05, 0) is 56.0 Å². The lowest BCUT2D eigenvalue weighted by Gasteiger charge is -2.34. The summed E-state index contributed by atoms with van der Waals surface area (Å²) in [5.74, 6) is -0.443. The number of aryl methyl sites for hydroxylation is 1. The second-order valence-corrected chi connectivity index (χ2v) is 8.73. The monoisotopic (exact) mass is 430 g/mol. The number of carbonyl (C=O) groups is 1. The number of piperidine rings is 1. The molecule has 3 rings (SSSR count). The predicted molar refractivity (Wildman–Crippen MR) is 98.7 cm³/mol. The van der Waals surface area contributed by atoms with Crippen molar-refractivity contribution in [1.29, 1.82) is 0 Å². The summed E-state index contributed by atoms with van der Waals surface area (Å²) < 4.78 is 64.0. The molecular weight excluding hydrogens is 409 g/mol. The lowest BCUT2D eigenvalue weighted by atomic mass is 10.00. The molecule has 2 heterocycles. The maximum Gasteiger partial charge on any atom is 0.433 e. The van der Waals surface area contributed by atoms with E-state index in [2.05, 4.69) is 5.10 Å². The number of hydrogen-bond acceptors (Lipinski definition) is 4. The lowest BCUT2D eigenvalue weighted by molar-refractivity contribution is -0.145. The Labute approximate surface area is 166 Å². The van der Waals surface area contributed by atoms with Crippen molar-refractivity contribution in [3.63, 3.8) is 0 Å². The molecule has 0 radical (unpaired) electrons. The molecule has 1 aromatic heterocycles. The number of nitrogens with zero attached hydrogens (tertiary/aromatic N) is 3. The minimum Gasteiger partial charge on any atom is -0.336 e. The lowest BCUT2D eigenvalue weighted by Crippen LogP contribution is -2.42. The summed E-state index contributed by atoms with van der Waals surface area (Å²) >= 11 is 0. The van der Waals surface area contributed by atoms with E-state index in [0.717, 1.165) is 16.9 Å². The number of benzene rings is 1. The minimum atomic E-state index is -4.54. The fraction of sp³-hybridized carbons (Fsp3) is 0.444. The average molecular weight is 430 g/mol. The number of halogens is 3. The van der Waals surface area contributed by atoms with E-state index in [9.17, 15) is 26.4 Å². The predicted octanol–water partition coefficient (Wildman–Crippen LogP) is 2.64. The summed E-state index contributed by atoms with van der Waals surface area (Å²) in [6.07, 6.45) is -2.50. The maximum atomic E-state index is 13.2. The average Bonchev–Trinajstić information content (AvgIpc) is 3.13. The fourth-order valence-corrected chi connectivity index (χ4v) is 4.17. The van der Waals surface area contributed by atoms with Crippen LogP contribution in [-0.4, -0.2) is 42.1 Å². The van der Waals surface area contributed by atoms with Crippen LogP contribution in [0.1, 0.15) is 46.1 Å². The first-order valence-electron chi connectivity index (χ1n) is 8.93.